The summed E-state index contributed by atoms with van der Waals surface area (Å²) in [5.74, 6) is 6.30. The van der Waals surface area contributed by atoms with Crippen molar-refractivity contribution in [3.05, 3.63) is 35.9 Å². The molecule has 2 heteroatoms. The molecule has 3 N–H and O–H groups in total. The zero-order valence-corrected chi connectivity index (χ0v) is 12.6. The highest BCUT2D eigenvalue weighted by molar-refractivity contribution is 5.21. The van der Waals surface area contributed by atoms with E-state index in [-0.39, 0.29) is 0 Å². The SMILES string of the molecule is CCCCCCCC(NN)C(CC)c1ccccc1. The number of unbranched alkanes of at least 4 members (excludes halogenated alkanes) is 4. The predicted molar refractivity (Wildman–Crippen MR) is 84.0 cm³/mol. The van der Waals surface area contributed by atoms with Gasteiger partial charge in [0.2, 0.25) is 0 Å². The Morgan fingerprint density at radius 2 is 1.68 bits per heavy atom. The van der Waals surface area contributed by atoms with Crippen molar-refractivity contribution in [3.8, 4) is 0 Å². The van der Waals surface area contributed by atoms with E-state index in [2.05, 4.69) is 49.6 Å². The first-order chi connectivity index (χ1) is 9.33. The van der Waals surface area contributed by atoms with Gasteiger partial charge in [0.25, 0.3) is 0 Å². The molecule has 2 atom stereocenters. The molecule has 0 aromatic heterocycles. The molecule has 108 valence electrons. The van der Waals surface area contributed by atoms with Gasteiger partial charge in [-0.25, -0.2) is 0 Å². The second kappa shape index (κ2) is 9.99. The van der Waals surface area contributed by atoms with Gasteiger partial charge in [-0.15, -0.1) is 0 Å². The Bertz CT molecular complexity index is 310. The Hall–Kier alpha value is -0.860. The van der Waals surface area contributed by atoms with Crippen LogP contribution in [-0.4, -0.2) is 6.04 Å². The number of hydrazine groups is 1. The first-order valence-corrected chi connectivity index (χ1v) is 7.84. The molecule has 0 aliphatic heterocycles. The third-order valence-electron chi connectivity index (χ3n) is 3.99. The van der Waals surface area contributed by atoms with E-state index in [9.17, 15) is 0 Å². The quantitative estimate of drug-likeness (QED) is 0.373. The average Bonchev–Trinajstić information content (AvgIpc) is 2.47. The summed E-state index contributed by atoms with van der Waals surface area (Å²) in [4.78, 5) is 0. The van der Waals surface area contributed by atoms with E-state index in [0.29, 0.717) is 12.0 Å². The van der Waals surface area contributed by atoms with Crippen LogP contribution in [0.2, 0.25) is 0 Å². The van der Waals surface area contributed by atoms with Gasteiger partial charge in [0, 0.05) is 12.0 Å². The fourth-order valence-electron chi connectivity index (χ4n) is 2.82. The normalized spacial score (nSPS) is 14.3. The number of rotatable bonds is 10. The first-order valence-electron chi connectivity index (χ1n) is 7.84. The predicted octanol–water partition coefficient (Wildman–Crippen LogP) is 4.37. The van der Waals surface area contributed by atoms with E-state index in [4.69, 9.17) is 5.84 Å². The lowest BCUT2D eigenvalue weighted by Crippen LogP contribution is -2.39. The van der Waals surface area contributed by atoms with Crippen molar-refractivity contribution in [2.75, 3.05) is 0 Å². The fraction of sp³-hybridized carbons (Fsp3) is 0.647. The van der Waals surface area contributed by atoms with Crippen molar-refractivity contribution in [2.24, 2.45) is 5.84 Å². The Labute approximate surface area is 118 Å². The largest absolute Gasteiger partial charge is 0.271 e. The molecule has 2 unspecified atom stereocenters. The second-order valence-electron chi connectivity index (χ2n) is 5.40. The third-order valence-corrected chi connectivity index (χ3v) is 3.99. The zero-order chi connectivity index (χ0) is 13.9. The molecule has 0 bridgehead atoms. The molecule has 19 heavy (non-hydrogen) atoms. The highest BCUT2D eigenvalue weighted by Crippen LogP contribution is 2.26. The maximum Gasteiger partial charge on any atom is 0.0279 e. The summed E-state index contributed by atoms with van der Waals surface area (Å²) in [7, 11) is 0. The molecule has 1 aromatic carbocycles. The summed E-state index contributed by atoms with van der Waals surface area (Å²) in [5, 5.41) is 0. The van der Waals surface area contributed by atoms with Gasteiger partial charge in [-0.1, -0.05) is 76.3 Å². The van der Waals surface area contributed by atoms with Gasteiger partial charge in [-0.3, -0.25) is 11.3 Å². The topological polar surface area (TPSA) is 38.0 Å². The lowest BCUT2D eigenvalue weighted by atomic mass is 9.86. The van der Waals surface area contributed by atoms with Gasteiger partial charge < -0.3 is 0 Å². The number of hydrogen-bond donors (Lipinski definition) is 2. The monoisotopic (exact) mass is 262 g/mol. The second-order valence-corrected chi connectivity index (χ2v) is 5.40. The van der Waals surface area contributed by atoms with Crippen molar-refractivity contribution in [1.29, 1.82) is 0 Å². The third kappa shape index (κ3) is 5.75. The van der Waals surface area contributed by atoms with Crippen LogP contribution in [0.15, 0.2) is 30.3 Å². The molecule has 0 spiro atoms. The lowest BCUT2D eigenvalue weighted by molar-refractivity contribution is 0.390. The zero-order valence-electron chi connectivity index (χ0n) is 12.6. The van der Waals surface area contributed by atoms with Crippen molar-refractivity contribution < 1.29 is 0 Å². The number of nitrogens with two attached hydrogens (primary N) is 1. The van der Waals surface area contributed by atoms with Crippen LogP contribution in [0.5, 0.6) is 0 Å². The van der Waals surface area contributed by atoms with Crippen LogP contribution in [0.1, 0.15) is 70.3 Å². The van der Waals surface area contributed by atoms with Crippen LogP contribution in [0, 0.1) is 0 Å². The Balaban J connectivity index is 2.47. The molecule has 0 saturated heterocycles. The van der Waals surface area contributed by atoms with Crippen LogP contribution >= 0.6 is 0 Å². The fourth-order valence-corrected chi connectivity index (χ4v) is 2.82. The van der Waals surface area contributed by atoms with Gasteiger partial charge in [0.05, 0.1) is 0 Å². The molecule has 0 saturated carbocycles. The van der Waals surface area contributed by atoms with Gasteiger partial charge in [0.1, 0.15) is 0 Å². The standard InChI is InChI=1S/C17H30N2/c1-3-5-6-7-11-14-17(19-18)16(4-2)15-12-9-8-10-13-15/h8-10,12-13,16-17,19H,3-7,11,14,18H2,1-2H3. The maximum atomic E-state index is 5.78. The van der Waals surface area contributed by atoms with E-state index in [1.54, 1.807) is 0 Å². The van der Waals surface area contributed by atoms with Crippen molar-refractivity contribution in [1.82, 2.24) is 5.43 Å². The van der Waals surface area contributed by atoms with Gasteiger partial charge >= 0.3 is 0 Å². The van der Waals surface area contributed by atoms with Crippen LogP contribution < -0.4 is 11.3 Å². The van der Waals surface area contributed by atoms with Gasteiger partial charge in [-0.2, -0.15) is 0 Å². The Morgan fingerprint density at radius 3 is 2.26 bits per heavy atom. The van der Waals surface area contributed by atoms with E-state index in [1.165, 1.54) is 44.1 Å². The molecule has 0 radical (unpaired) electrons. The van der Waals surface area contributed by atoms with Crippen LogP contribution in [0.3, 0.4) is 0 Å². The number of benzene rings is 1. The van der Waals surface area contributed by atoms with E-state index < -0.39 is 0 Å². The summed E-state index contributed by atoms with van der Waals surface area (Å²) in [6, 6.07) is 11.1. The number of nitrogens with one attached hydrogen (secondary N) is 1. The molecule has 1 aromatic rings. The van der Waals surface area contributed by atoms with E-state index in [0.717, 1.165) is 6.42 Å². The van der Waals surface area contributed by atoms with Gasteiger partial charge in [0.15, 0.2) is 0 Å². The summed E-state index contributed by atoms with van der Waals surface area (Å²) >= 11 is 0. The maximum absolute atomic E-state index is 5.78. The Morgan fingerprint density at radius 1 is 1.00 bits per heavy atom. The minimum atomic E-state index is 0.397. The average molecular weight is 262 g/mol. The first kappa shape index (κ1) is 16.2. The molecule has 2 nitrogen and oxygen atoms in total. The molecule has 0 aliphatic rings. The van der Waals surface area contributed by atoms with Crippen molar-refractivity contribution >= 4 is 0 Å². The summed E-state index contributed by atoms with van der Waals surface area (Å²) < 4.78 is 0. The van der Waals surface area contributed by atoms with Crippen LogP contribution in [-0.2, 0) is 0 Å². The van der Waals surface area contributed by atoms with Crippen LogP contribution in [0.4, 0.5) is 0 Å². The summed E-state index contributed by atoms with van der Waals surface area (Å²) in [6.07, 6.45) is 8.93. The smallest absolute Gasteiger partial charge is 0.0279 e. The summed E-state index contributed by atoms with van der Waals surface area (Å²) in [6.45, 7) is 4.51. The van der Waals surface area contributed by atoms with Crippen molar-refractivity contribution in [3.63, 3.8) is 0 Å². The van der Waals surface area contributed by atoms with Crippen molar-refractivity contribution in [2.45, 2.75) is 70.8 Å². The minimum Gasteiger partial charge on any atom is -0.271 e. The lowest BCUT2D eigenvalue weighted by Gasteiger charge is -2.26. The molecule has 0 fully saturated rings. The molecule has 1 rings (SSSR count). The molecule has 0 aliphatic carbocycles. The Kier molecular flexibility index (Phi) is 8.52. The molecular weight excluding hydrogens is 232 g/mol. The van der Waals surface area contributed by atoms with Gasteiger partial charge in [-0.05, 0) is 18.4 Å². The minimum absolute atomic E-state index is 0.397. The number of hydrogen-bond acceptors (Lipinski definition) is 2. The molecule has 0 amide bonds. The van der Waals surface area contributed by atoms with Crippen LogP contribution in [0.25, 0.3) is 0 Å². The van der Waals surface area contributed by atoms with E-state index in [1.807, 2.05) is 0 Å². The van der Waals surface area contributed by atoms with E-state index >= 15 is 0 Å². The molecule has 0 heterocycles. The molecular formula is C17H30N2. The summed E-state index contributed by atoms with van der Waals surface area (Å²) in [5.41, 5.74) is 4.45. The highest BCUT2D eigenvalue weighted by Gasteiger charge is 2.19. The highest BCUT2D eigenvalue weighted by atomic mass is 15.2.